The van der Waals surface area contributed by atoms with Gasteiger partial charge in [0.05, 0.1) is 13.2 Å². The highest BCUT2D eigenvalue weighted by atomic mass is 35.5. The zero-order valence-corrected chi connectivity index (χ0v) is 12.9. The third kappa shape index (κ3) is 5.28. The molecule has 0 aromatic heterocycles. The first-order valence-electron chi connectivity index (χ1n) is 7.24. The maximum absolute atomic E-state index is 12.2. The van der Waals surface area contributed by atoms with E-state index in [4.69, 9.17) is 4.74 Å². The number of hydrogen-bond donors (Lipinski definition) is 1. The summed E-state index contributed by atoms with van der Waals surface area (Å²) in [6.45, 7) is 8.74. The highest BCUT2D eigenvalue weighted by molar-refractivity contribution is 5.85. The number of rotatable bonds is 4. The van der Waals surface area contributed by atoms with Gasteiger partial charge in [0.25, 0.3) is 0 Å². The largest absolute Gasteiger partial charge is 0.378 e. The lowest BCUT2D eigenvalue weighted by atomic mass is 9.97. The number of halogens is 1. The lowest BCUT2D eigenvalue weighted by molar-refractivity contribution is -0.131. The predicted octanol–water partition coefficient (Wildman–Crippen LogP) is 1.68. The van der Waals surface area contributed by atoms with Gasteiger partial charge >= 0.3 is 0 Å². The molecule has 2 aliphatic heterocycles. The van der Waals surface area contributed by atoms with E-state index in [1.165, 1.54) is 12.8 Å². The standard InChI is InChI=1S/C14H26N2O2.ClH/c1-11(2)7-12-3-5-16(9-12)14(17)8-13-10-18-6-4-15-13;/h11-13,15H,3-10H2,1-2H3;1H. The number of morpholine rings is 1. The SMILES string of the molecule is CC(C)CC1CCN(C(=O)CC2COCCN2)C1.Cl. The Morgan fingerprint density at radius 2 is 2.26 bits per heavy atom. The van der Waals surface area contributed by atoms with Crippen molar-refractivity contribution in [2.24, 2.45) is 11.8 Å². The van der Waals surface area contributed by atoms with Crippen LogP contribution in [0.1, 0.15) is 33.1 Å². The number of likely N-dealkylation sites (tertiary alicyclic amines) is 1. The minimum atomic E-state index is 0. The molecule has 2 saturated heterocycles. The Morgan fingerprint density at radius 1 is 1.47 bits per heavy atom. The molecular formula is C14H27ClN2O2. The van der Waals surface area contributed by atoms with Crippen LogP contribution in [0.4, 0.5) is 0 Å². The van der Waals surface area contributed by atoms with E-state index in [2.05, 4.69) is 19.2 Å². The summed E-state index contributed by atoms with van der Waals surface area (Å²) < 4.78 is 5.39. The van der Waals surface area contributed by atoms with Crippen LogP contribution in [-0.2, 0) is 9.53 Å². The van der Waals surface area contributed by atoms with Crippen LogP contribution in [0.25, 0.3) is 0 Å². The third-order valence-electron chi connectivity index (χ3n) is 3.86. The molecule has 112 valence electrons. The van der Waals surface area contributed by atoms with Crippen molar-refractivity contribution in [3.63, 3.8) is 0 Å². The molecule has 0 radical (unpaired) electrons. The number of carbonyl (C=O) groups is 1. The first kappa shape index (κ1) is 16.7. The molecule has 0 bridgehead atoms. The van der Waals surface area contributed by atoms with Crippen LogP contribution in [0.3, 0.4) is 0 Å². The van der Waals surface area contributed by atoms with Gasteiger partial charge in [-0.2, -0.15) is 0 Å². The summed E-state index contributed by atoms with van der Waals surface area (Å²) in [6, 6.07) is 0.218. The van der Waals surface area contributed by atoms with Crippen LogP contribution in [0.15, 0.2) is 0 Å². The summed E-state index contributed by atoms with van der Waals surface area (Å²) in [6.07, 6.45) is 3.02. The molecule has 2 unspecified atom stereocenters. The molecule has 4 nitrogen and oxygen atoms in total. The zero-order valence-electron chi connectivity index (χ0n) is 12.1. The van der Waals surface area contributed by atoms with Crippen molar-refractivity contribution in [1.29, 1.82) is 0 Å². The van der Waals surface area contributed by atoms with Crippen LogP contribution in [-0.4, -0.2) is 49.7 Å². The smallest absolute Gasteiger partial charge is 0.224 e. The van der Waals surface area contributed by atoms with Crippen molar-refractivity contribution < 1.29 is 9.53 Å². The van der Waals surface area contributed by atoms with Crippen LogP contribution in [0.5, 0.6) is 0 Å². The Balaban J connectivity index is 0.00000180. The van der Waals surface area contributed by atoms with Gasteiger partial charge in [0.1, 0.15) is 0 Å². The number of ether oxygens (including phenoxy) is 1. The molecule has 0 aromatic rings. The topological polar surface area (TPSA) is 41.6 Å². The fourth-order valence-corrected chi connectivity index (χ4v) is 3.01. The quantitative estimate of drug-likeness (QED) is 0.856. The molecule has 0 aliphatic carbocycles. The average molecular weight is 291 g/mol. The molecule has 2 atom stereocenters. The van der Waals surface area contributed by atoms with E-state index in [1.54, 1.807) is 0 Å². The molecular weight excluding hydrogens is 264 g/mol. The van der Waals surface area contributed by atoms with E-state index in [0.29, 0.717) is 24.9 Å². The fourth-order valence-electron chi connectivity index (χ4n) is 3.01. The van der Waals surface area contributed by atoms with Gasteiger partial charge in [-0.25, -0.2) is 0 Å². The van der Waals surface area contributed by atoms with Gasteiger partial charge in [0.2, 0.25) is 5.91 Å². The number of carbonyl (C=O) groups excluding carboxylic acids is 1. The summed E-state index contributed by atoms with van der Waals surface area (Å²) in [4.78, 5) is 14.2. The normalized spacial score (nSPS) is 27.4. The van der Waals surface area contributed by atoms with Gasteiger partial charge < -0.3 is 15.0 Å². The van der Waals surface area contributed by atoms with E-state index >= 15 is 0 Å². The van der Waals surface area contributed by atoms with E-state index in [1.807, 2.05) is 4.90 Å². The molecule has 2 fully saturated rings. The van der Waals surface area contributed by atoms with Gasteiger partial charge in [-0.1, -0.05) is 13.8 Å². The molecule has 2 rings (SSSR count). The minimum Gasteiger partial charge on any atom is -0.378 e. The van der Waals surface area contributed by atoms with Gasteiger partial charge in [-0.15, -0.1) is 12.4 Å². The Morgan fingerprint density at radius 3 is 2.89 bits per heavy atom. The van der Waals surface area contributed by atoms with Crippen molar-refractivity contribution in [2.75, 3.05) is 32.8 Å². The van der Waals surface area contributed by atoms with E-state index < -0.39 is 0 Å². The van der Waals surface area contributed by atoms with Gasteiger partial charge in [0.15, 0.2) is 0 Å². The summed E-state index contributed by atoms with van der Waals surface area (Å²) in [7, 11) is 0. The van der Waals surface area contributed by atoms with Gasteiger partial charge in [-0.05, 0) is 24.7 Å². The van der Waals surface area contributed by atoms with Crippen molar-refractivity contribution >= 4 is 18.3 Å². The van der Waals surface area contributed by atoms with E-state index in [-0.39, 0.29) is 18.4 Å². The first-order valence-corrected chi connectivity index (χ1v) is 7.24. The molecule has 2 aliphatic rings. The maximum Gasteiger partial charge on any atom is 0.224 e. The van der Waals surface area contributed by atoms with Crippen molar-refractivity contribution in [2.45, 2.75) is 39.2 Å². The number of hydrogen-bond acceptors (Lipinski definition) is 3. The van der Waals surface area contributed by atoms with Gasteiger partial charge in [-0.3, -0.25) is 4.79 Å². The molecule has 1 amide bonds. The number of nitrogens with zero attached hydrogens (tertiary/aromatic N) is 1. The van der Waals surface area contributed by atoms with Crippen LogP contribution < -0.4 is 5.32 Å². The Labute approximate surface area is 122 Å². The molecule has 0 aromatic carbocycles. The third-order valence-corrected chi connectivity index (χ3v) is 3.86. The minimum absolute atomic E-state index is 0. The molecule has 1 N–H and O–H groups in total. The summed E-state index contributed by atoms with van der Waals surface area (Å²) in [5.74, 6) is 1.74. The maximum atomic E-state index is 12.2. The van der Waals surface area contributed by atoms with Crippen LogP contribution in [0.2, 0.25) is 0 Å². The summed E-state index contributed by atoms with van der Waals surface area (Å²) in [5, 5.41) is 3.34. The molecule has 5 heteroatoms. The van der Waals surface area contributed by atoms with Crippen molar-refractivity contribution in [1.82, 2.24) is 10.2 Å². The van der Waals surface area contributed by atoms with Crippen molar-refractivity contribution in [3.8, 4) is 0 Å². The second kappa shape index (κ2) is 8.08. The Bertz CT molecular complexity index is 281. The fraction of sp³-hybridized carbons (Fsp3) is 0.929. The first-order chi connectivity index (χ1) is 8.65. The monoisotopic (exact) mass is 290 g/mol. The van der Waals surface area contributed by atoms with Crippen LogP contribution in [0, 0.1) is 11.8 Å². The number of amides is 1. The Hall–Kier alpha value is -0.320. The van der Waals surface area contributed by atoms with E-state index in [9.17, 15) is 4.79 Å². The van der Waals surface area contributed by atoms with E-state index in [0.717, 1.165) is 32.2 Å². The van der Waals surface area contributed by atoms with Crippen LogP contribution >= 0.6 is 12.4 Å². The zero-order chi connectivity index (χ0) is 13.0. The molecule has 0 saturated carbocycles. The Kier molecular flexibility index (Phi) is 7.11. The lowest BCUT2D eigenvalue weighted by Gasteiger charge is -2.25. The molecule has 0 spiro atoms. The highest BCUT2D eigenvalue weighted by Gasteiger charge is 2.28. The molecule has 2 heterocycles. The highest BCUT2D eigenvalue weighted by Crippen LogP contribution is 2.23. The average Bonchev–Trinajstić information content (AvgIpc) is 2.78. The summed E-state index contributed by atoms with van der Waals surface area (Å²) in [5.41, 5.74) is 0. The van der Waals surface area contributed by atoms with Gasteiger partial charge in [0, 0.05) is 32.1 Å². The molecule has 19 heavy (non-hydrogen) atoms. The summed E-state index contributed by atoms with van der Waals surface area (Å²) >= 11 is 0. The second-order valence-corrected chi connectivity index (χ2v) is 6.05. The lowest BCUT2D eigenvalue weighted by Crippen LogP contribution is -2.44. The second-order valence-electron chi connectivity index (χ2n) is 6.05. The number of nitrogens with one attached hydrogen (secondary N) is 1. The van der Waals surface area contributed by atoms with Crippen molar-refractivity contribution in [3.05, 3.63) is 0 Å². The predicted molar refractivity (Wildman–Crippen MR) is 78.6 cm³/mol.